The Morgan fingerprint density at radius 3 is 3.06 bits per heavy atom. The summed E-state index contributed by atoms with van der Waals surface area (Å²) < 4.78 is 26.4. The van der Waals surface area contributed by atoms with Crippen molar-refractivity contribution >= 4 is 21.6 Å². The molecule has 0 amide bonds. The topological polar surface area (TPSA) is 71.1 Å². The highest BCUT2D eigenvalue weighted by molar-refractivity contribution is 7.89. The smallest absolute Gasteiger partial charge is 0.259 e. The first-order chi connectivity index (χ1) is 8.09. The highest BCUT2D eigenvalue weighted by atomic mass is 35.5. The first-order valence-electron chi connectivity index (χ1n) is 5.43. The maximum absolute atomic E-state index is 11.9. The largest absolute Gasteiger partial charge is 0.313 e. The molecule has 1 aliphatic heterocycles. The van der Waals surface area contributed by atoms with Gasteiger partial charge in [0, 0.05) is 18.8 Å². The molecule has 0 saturated carbocycles. The van der Waals surface area contributed by atoms with E-state index in [2.05, 4.69) is 15.0 Å². The van der Waals surface area contributed by atoms with Crippen molar-refractivity contribution in [3.8, 4) is 0 Å². The molecule has 5 nitrogen and oxygen atoms in total. The summed E-state index contributed by atoms with van der Waals surface area (Å²) >= 11 is 5.81. The SMILES string of the molecule is O=S(=O)(NCC1CCCN1)c1ncccc1Cl. The number of rotatable bonds is 4. The third-order valence-corrected chi connectivity index (χ3v) is 4.46. The summed E-state index contributed by atoms with van der Waals surface area (Å²) in [4.78, 5) is 3.79. The van der Waals surface area contributed by atoms with Gasteiger partial charge >= 0.3 is 0 Å². The van der Waals surface area contributed by atoms with Gasteiger partial charge in [0.05, 0.1) is 5.02 Å². The van der Waals surface area contributed by atoms with Gasteiger partial charge in [-0.25, -0.2) is 18.1 Å². The van der Waals surface area contributed by atoms with E-state index in [0.717, 1.165) is 19.4 Å². The van der Waals surface area contributed by atoms with Crippen LogP contribution in [0, 0.1) is 0 Å². The molecule has 1 fully saturated rings. The van der Waals surface area contributed by atoms with Crippen LogP contribution in [-0.4, -0.2) is 32.5 Å². The summed E-state index contributed by atoms with van der Waals surface area (Å²) in [5.74, 6) is 0. The Morgan fingerprint density at radius 2 is 2.41 bits per heavy atom. The molecule has 0 bridgehead atoms. The van der Waals surface area contributed by atoms with Crippen molar-refractivity contribution in [2.75, 3.05) is 13.1 Å². The summed E-state index contributed by atoms with van der Waals surface area (Å²) in [6.45, 7) is 1.31. The van der Waals surface area contributed by atoms with Crippen molar-refractivity contribution in [3.05, 3.63) is 23.4 Å². The van der Waals surface area contributed by atoms with Crippen molar-refractivity contribution in [1.82, 2.24) is 15.0 Å². The molecular weight excluding hydrogens is 262 g/mol. The molecule has 1 saturated heterocycles. The molecule has 0 aliphatic carbocycles. The van der Waals surface area contributed by atoms with Crippen LogP contribution in [0.3, 0.4) is 0 Å². The Labute approximate surface area is 106 Å². The Balaban J connectivity index is 2.06. The lowest BCUT2D eigenvalue weighted by Crippen LogP contribution is -2.37. The average Bonchev–Trinajstić information content (AvgIpc) is 2.80. The third-order valence-electron chi connectivity index (χ3n) is 2.66. The van der Waals surface area contributed by atoms with Gasteiger partial charge < -0.3 is 5.32 Å². The van der Waals surface area contributed by atoms with Gasteiger partial charge in [-0.3, -0.25) is 0 Å². The second-order valence-electron chi connectivity index (χ2n) is 3.94. The summed E-state index contributed by atoms with van der Waals surface area (Å²) in [5.41, 5.74) is 0. The van der Waals surface area contributed by atoms with Crippen LogP contribution in [0.1, 0.15) is 12.8 Å². The molecule has 1 aromatic heterocycles. The first kappa shape index (κ1) is 12.8. The molecule has 7 heteroatoms. The lowest BCUT2D eigenvalue weighted by atomic mass is 10.2. The molecule has 0 radical (unpaired) electrons. The molecule has 1 aliphatic rings. The van der Waals surface area contributed by atoms with E-state index in [0.29, 0.717) is 6.54 Å². The number of hydrogen-bond acceptors (Lipinski definition) is 4. The van der Waals surface area contributed by atoms with Crippen LogP contribution in [0.2, 0.25) is 5.02 Å². The lowest BCUT2D eigenvalue weighted by Gasteiger charge is -2.11. The van der Waals surface area contributed by atoms with Gasteiger partial charge in [-0.05, 0) is 31.5 Å². The van der Waals surface area contributed by atoms with Crippen LogP contribution < -0.4 is 10.0 Å². The lowest BCUT2D eigenvalue weighted by molar-refractivity contribution is 0.549. The van der Waals surface area contributed by atoms with Crippen LogP contribution in [-0.2, 0) is 10.0 Å². The molecule has 1 aromatic rings. The standard InChI is InChI=1S/C10H14ClN3O2S/c11-9-4-2-6-13-10(9)17(15,16)14-7-8-3-1-5-12-8/h2,4,6,8,12,14H,1,3,5,7H2. The highest BCUT2D eigenvalue weighted by Crippen LogP contribution is 2.17. The van der Waals surface area contributed by atoms with Crippen LogP contribution in [0.15, 0.2) is 23.4 Å². The molecule has 2 heterocycles. The van der Waals surface area contributed by atoms with Gasteiger partial charge in [0.15, 0.2) is 5.03 Å². The van der Waals surface area contributed by atoms with Gasteiger partial charge in [0.1, 0.15) is 0 Å². The summed E-state index contributed by atoms with van der Waals surface area (Å²) in [6, 6.07) is 3.31. The number of halogens is 1. The predicted molar refractivity (Wildman–Crippen MR) is 65.5 cm³/mol. The average molecular weight is 276 g/mol. The molecule has 0 spiro atoms. The second-order valence-corrected chi connectivity index (χ2v) is 6.02. The van der Waals surface area contributed by atoms with Crippen LogP contribution in [0.5, 0.6) is 0 Å². The number of nitrogens with one attached hydrogen (secondary N) is 2. The van der Waals surface area contributed by atoms with Crippen molar-refractivity contribution in [2.45, 2.75) is 23.9 Å². The first-order valence-corrected chi connectivity index (χ1v) is 7.29. The number of aromatic nitrogens is 1. The molecule has 17 heavy (non-hydrogen) atoms. The van der Waals surface area contributed by atoms with Crippen molar-refractivity contribution in [1.29, 1.82) is 0 Å². The summed E-state index contributed by atoms with van der Waals surface area (Å²) in [5, 5.41) is 3.24. The van der Waals surface area contributed by atoms with E-state index in [1.165, 1.54) is 12.3 Å². The third kappa shape index (κ3) is 3.16. The van der Waals surface area contributed by atoms with E-state index in [-0.39, 0.29) is 16.1 Å². The molecule has 94 valence electrons. The Bertz CT molecular complexity index is 486. The van der Waals surface area contributed by atoms with Gasteiger partial charge in [-0.1, -0.05) is 11.6 Å². The molecule has 1 unspecified atom stereocenters. The van der Waals surface area contributed by atoms with E-state index in [1.54, 1.807) is 6.07 Å². The zero-order valence-electron chi connectivity index (χ0n) is 9.19. The van der Waals surface area contributed by atoms with E-state index in [9.17, 15) is 8.42 Å². The Morgan fingerprint density at radius 1 is 1.59 bits per heavy atom. The second kappa shape index (κ2) is 5.30. The minimum absolute atomic E-state index is 0.111. The minimum Gasteiger partial charge on any atom is -0.313 e. The van der Waals surface area contributed by atoms with Gasteiger partial charge in [-0.2, -0.15) is 0 Å². The van der Waals surface area contributed by atoms with E-state index >= 15 is 0 Å². The van der Waals surface area contributed by atoms with Gasteiger partial charge in [-0.15, -0.1) is 0 Å². The monoisotopic (exact) mass is 275 g/mol. The predicted octanol–water partition coefficient (Wildman–Crippen LogP) is 0.765. The van der Waals surface area contributed by atoms with Crippen molar-refractivity contribution in [3.63, 3.8) is 0 Å². The van der Waals surface area contributed by atoms with Gasteiger partial charge in [0.2, 0.25) is 0 Å². The number of pyridine rings is 1. The number of sulfonamides is 1. The molecular formula is C10H14ClN3O2S. The zero-order valence-corrected chi connectivity index (χ0v) is 10.8. The van der Waals surface area contributed by atoms with E-state index < -0.39 is 10.0 Å². The van der Waals surface area contributed by atoms with Crippen molar-refractivity contribution < 1.29 is 8.42 Å². The summed E-state index contributed by atoms with van der Waals surface area (Å²) in [7, 11) is -3.61. The molecule has 2 N–H and O–H groups in total. The molecule has 2 rings (SSSR count). The quantitative estimate of drug-likeness (QED) is 0.851. The van der Waals surface area contributed by atoms with Crippen molar-refractivity contribution in [2.24, 2.45) is 0 Å². The normalized spacial score (nSPS) is 20.6. The highest BCUT2D eigenvalue weighted by Gasteiger charge is 2.22. The van der Waals surface area contributed by atoms with E-state index in [4.69, 9.17) is 11.6 Å². The maximum atomic E-state index is 11.9. The Hall–Kier alpha value is -0.690. The maximum Gasteiger partial charge on any atom is 0.259 e. The van der Waals surface area contributed by atoms with Gasteiger partial charge in [0.25, 0.3) is 10.0 Å². The number of hydrogen-bond donors (Lipinski definition) is 2. The van der Waals surface area contributed by atoms with Crippen LogP contribution in [0.4, 0.5) is 0 Å². The fourth-order valence-electron chi connectivity index (χ4n) is 1.78. The molecule has 1 atom stereocenters. The zero-order chi connectivity index (χ0) is 12.3. The fraction of sp³-hybridized carbons (Fsp3) is 0.500. The minimum atomic E-state index is -3.61. The number of nitrogens with zero attached hydrogens (tertiary/aromatic N) is 1. The van der Waals surface area contributed by atoms with Crippen LogP contribution in [0.25, 0.3) is 0 Å². The Kier molecular flexibility index (Phi) is 3.98. The molecule has 0 aromatic carbocycles. The summed E-state index contributed by atoms with van der Waals surface area (Å²) in [6.07, 6.45) is 3.48. The van der Waals surface area contributed by atoms with Crippen LogP contribution >= 0.6 is 11.6 Å². The van der Waals surface area contributed by atoms with E-state index in [1.807, 2.05) is 0 Å². The fourth-order valence-corrected chi connectivity index (χ4v) is 3.29.